The van der Waals surface area contributed by atoms with Crippen molar-refractivity contribution in [1.29, 1.82) is 0 Å². The third kappa shape index (κ3) is 5.05. The van der Waals surface area contributed by atoms with E-state index in [0.717, 1.165) is 31.9 Å². The van der Waals surface area contributed by atoms with Gasteiger partial charge in [-0.1, -0.05) is 23.7 Å². The summed E-state index contributed by atoms with van der Waals surface area (Å²) in [5, 5.41) is 6.36. The van der Waals surface area contributed by atoms with Crippen molar-refractivity contribution in [2.24, 2.45) is 0 Å². The molecule has 0 saturated carbocycles. The van der Waals surface area contributed by atoms with Gasteiger partial charge in [-0.05, 0) is 36.8 Å². The van der Waals surface area contributed by atoms with E-state index in [2.05, 4.69) is 51.4 Å². The molecule has 4 rings (SSSR count). The highest BCUT2D eigenvalue weighted by Gasteiger charge is 2.22. The van der Waals surface area contributed by atoms with Crippen LogP contribution in [0.3, 0.4) is 0 Å². The van der Waals surface area contributed by atoms with Crippen molar-refractivity contribution in [1.82, 2.24) is 14.9 Å². The molecule has 0 radical (unpaired) electrons. The SMILES string of the molecule is Cc1cccc(N2CCN(C(=O)Cc3csc(Nc4ccc(Cl)cn4)n3)CC2)c1. The molecule has 1 aliphatic rings. The normalized spacial score (nSPS) is 14.1. The molecule has 1 aromatic carbocycles. The second-order valence-electron chi connectivity index (χ2n) is 7.01. The Morgan fingerprint density at radius 2 is 2.03 bits per heavy atom. The van der Waals surface area contributed by atoms with E-state index in [1.54, 1.807) is 18.3 Å². The van der Waals surface area contributed by atoms with Crippen LogP contribution in [0.1, 0.15) is 11.3 Å². The highest BCUT2D eigenvalue weighted by atomic mass is 35.5. The van der Waals surface area contributed by atoms with E-state index in [0.29, 0.717) is 22.4 Å². The summed E-state index contributed by atoms with van der Waals surface area (Å²) in [5.41, 5.74) is 3.25. The molecule has 0 aliphatic carbocycles. The van der Waals surface area contributed by atoms with Crippen LogP contribution in [0, 0.1) is 6.92 Å². The molecule has 0 unspecified atom stereocenters. The second kappa shape index (κ2) is 8.80. The third-order valence-corrected chi connectivity index (χ3v) is 5.88. The molecule has 0 bridgehead atoms. The van der Waals surface area contributed by atoms with E-state index in [1.807, 2.05) is 10.3 Å². The smallest absolute Gasteiger partial charge is 0.228 e. The summed E-state index contributed by atoms with van der Waals surface area (Å²) in [6.45, 7) is 5.26. The summed E-state index contributed by atoms with van der Waals surface area (Å²) in [6, 6.07) is 12.1. The lowest BCUT2D eigenvalue weighted by Gasteiger charge is -2.36. The highest BCUT2D eigenvalue weighted by Crippen LogP contribution is 2.22. The number of halogens is 1. The van der Waals surface area contributed by atoms with Gasteiger partial charge in [0.05, 0.1) is 17.1 Å². The predicted octanol–water partition coefficient (Wildman–Crippen LogP) is 4.13. The Morgan fingerprint density at radius 3 is 2.76 bits per heavy atom. The number of amides is 1. The molecule has 0 atom stereocenters. The van der Waals surface area contributed by atoms with Crippen LogP contribution >= 0.6 is 22.9 Å². The average Bonchev–Trinajstić information content (AvgIpc) is 3.16. The van der Waals surface area contributed by atoms with Gasteiger partial charge >= 0.3 is 0 Å². The first-order valence-electron chi connectivity index (χ1n) is 9.49. The number of aromatic nitrogens is 2. The van der Waals surface area contributed by atoms with Crippen molar-refractivity contribution in [2.75, 3.05) is 36.4 Å². The fourth-order valence-electron chi connectivity index (χ4n) is 3.31. The second-order valence-corrected chi connectivity index (χ2v) is 8.31. The lowest BCUT2D eigenvalue weighted by molar-refractivity contribution is -0.130. The molecule has 3 heterocycles. The number of aryl methyl sites for hydroxylation is 1. The van der Waals surface area contributed by atoms with Gasteiger partial charge in [0.2, 0.25) is 5.91 Å². The summed E-state index contributed by atoms with van der Waals surface area (Å²) in [4.78, 5) is 25.7. The maximum atomic E-state index is 12.7. The van der Waals surface area contributed by atoms with E-state index in [4.69, 9.17) is 11.6 Å². The fraction of sp³-hybridized carbons (Fsp3) is 0.286. The average molecular weight is 428 g/mol. The van der Waals surface area contributed by atoms with Crippen LogP contribution in [0.5, 0.6) is 0 Å². The van der Waals surface area contributed by atoms with E-state index in [-0.39, 0.29) is 5.91 Å². The number of piperazine rings is 1. The Balaban J connectivity index is 1.30. The van der Waals surface area contributed by atoms with Gasteiger partial charge in [-0.25, -0.2) is 9.97 Å². The molecule has 150 valence electrons. The first-order valence-corrected chi connectivity index (χ1v) is 10.7. The van der Waals surface area contributed by atoms with Crippen LogP contribution in [0.25, 0.3) is 0 Å². The van der Waals surface area contributed by atoms with Crippen LogP contribution in [-0.2, 0) is 11.2 Å². The van der Waals surface area contributed by atoms with Crippen molar-refractivity contribution in [3.63, 3.8) is 0 Å². The van der Waals surface area contributed by atoms with Crippen LogP contribution < -0.4 is 10.2 Å². The minimum atomic E-state index is 0.121. The number of pyridine rings is 1. The topological polar surface area (TPSA) is 61.4 Å². The summed E-state index contributed by atoms with van der Waals surface area (Å²) in [6.07, 6.45) is 1.90. The van der Waals surface area contributed by atoms with Gasteiger partial charge in [-0.15, -0.1) is 11.3 Å². The quantitative estimate of drug-likeness (QED) is 0.663. The van der Waals surface area contributed by atoms with Crippen LogP contribution in [-0.4, -0.2) is 47.0 Å². The number of nitrogens with zero attached hydrogens (tertiary/aromatic N) is 4. The van der Waals surface area contributed by atoms with Gasteiger partial charge in [-0.2, -0.15) is 0 Å². The van der Waals surface area contributed by atoms with Gasteiger partial charge in [0.15, 0.2) is 5.13 Å². The van der Waals surface area contributed by atoms with Gasteiger partial charge in [-0.3, -0.25) is 4.79 Å². The summed E-state index contributed by atoms with van der Waals surface area (Å²) >= 11 is 7.31. The van der Waals surface area contributed by atoms with Gasteiger partial charge < -0.3 is 15.1 Å². The minimum absolute atomic E-state index is 0.121. The molecule has 6 nitrogen and oxygen atoms in total. The maximum Gasteiger partial charge on any atom is 0.228 e. The van der Waals surface area contributed by atoms with Crippen LogP contribution in [0.2, 0.25) is 5.02 Å². The van der Waals surface area contributed by atoms with E-state index >= 15 is 0 Å². The van der Waals surface area contributed by atoms with Crippen molar-refractivity contribution in [2.45, 2.75) is 13.3 Å². The lowest BCUT2D eigenvalue weighted by Crippen LogP contribution is -2.49. The Hall–Kier alpha value is -2.64. The largest absolute Gasteiger partial charge is 0.368 e. The monoisotopic (exact) mass is 427 g/mol. The number of hydrogen-bond donors (Lipinski definition) is 1. The van der Waals surface area contributed by atoms with Gasteiger partial charge in [0.1, 0.15) is 5.82 Å². The zero-order valence-corrected chi connectivity index (χ0v) is 17.7. The zero-order valence-electron chi connectivity index (χ0n) is 16.1. The molecular weight excluding hydrogens is 406 g/mol. The van der Waals surface area contributed by atoms with Crippen molar-refractivity contribution in [3.05, 3.63) is 64.3 Å². The number of hydrogen-bond acceptors (Lipinski definition) is 6. The number of carbonyl (C=O) groups is 1. The molecule has 1 aliphatic heterocycles. The van der Waals surface area contributed by atoms with Crippen LogP contribution in [0.4, 0.5) is 16.6 Å². The van der Waals surface area contributed by atoms with Crippen molar-refractivity contribution in [3.8, 4) is 0 Å². The van der Waals surface area contributed by atoms with Crippen molar-refractivity contribution >= 4 is 45.5 Å². The van der Waals surface area contributed by atoms with E-state index in [9.17, 15) is 4.79 Å². The highest BCUT2D eigenvalue weighted by molar-refractivity contribution is 7.13. The molecule has 1 fully saturated rings. The zero-order chi connectivity index (χ0) is 20.2. The molecule has 1 N–H and O–H groups in total. The fourth-order valence-corrected chi connectivity index (χ4v) is 4.14. The number of nitrogens with one attached hydrogen (secondary N) is 1. The molecule has 8 heteroatoms. The van der Waals surface area contributed by atoms with Crippen LogP contribution in [0.15, 0.2) is 48.0 Å². The Kier molecular flexibility index (Phi) is 5.97. The lowest BCUT2D eigenvalue weighted by atomic mass is 10.2. The predicted molar refractivity (Wildman–Crippen MR) is 118 cm³/mol. The molecule has 2 aromatic heterocycles. The first-order chi connectivity index (χ1) is 14.1. The van der Waals surface area contributed by atoms with E-state index < -0.39 is 0 Å². The standard InChI is InChI=1S/C21H22ClN5OS/c1-15-3-2-4-18(11-15)26-7-9-27(10-8-26)20(28)12-17-14-29-21(24-17)25-19-6-5-16(22)13-23-19/h2-6,11,13-14H,7-10,12H2,1H3,(H,23,24,25). The maximum absolute atomic E-state index is 12.7. The van der Waals surface area contributed by atoms with E-state index in [1.165, 1.54) is 22.6 Å². The number of rotatable bonds is 5. The Bertz CT molecular complexity index is 983. The first kappa shape index (κ1) is 19.7. The molecular formula is C21H22ClN5OS. The minimum Gasteiger partial charge on any atom is -0.368 e. The Morgan fingerprint density at radius 1 is 1.21 bits per heavy atom. The molecule has 1 amide bonds. The number of anilines is 3. The van der Waals surface area contributed by atoms with Crippen molar-refractivity contribution < 1.29 is 4.79 Å². The number of carbonyl (C=O) groups excluding carboxylic acids is 1. The molecule has 3 aromatic rings. The summed E-state index contributed by atoms with van der Waals surface area (Å²) in [5.74, 6) is 0.796. The Labute approximate surface area is 179 Å². The molecule has 1 saturated heterocycles. The molecule has 29 heavy (non-hydrogen) atoms. The molecule has 0 spiro atoms. The third-order valence-electron chi connectivity index (χ3n) is 4.85. The van der Waals surface area contributed by atoms with Gasteiger partial charge in [0.25, 0.3) is 0 Å². The summed E-state index contributed by atoms with van der Waals surface area (Å²) in [7, 11) is 0. The number of thiazole rings is 1. The number of benzene rings is 1. The van der Waals surface area contributed by atoms with Gasteiger partial charge in [0, 0.05) is 43.4 Å². The summed E-state index contributed by atoms with van der Waals surface area (Å²) < 4.78 is 0.